The summed E-state index contributed by atoms with van der Waals surface area (Å²) in [7, 11) is 1.42. The van der Waals surface area contributed by atoms with Crippen molar-refractivity contribution >= 4 is 23.3 Å². The van der Waals surface area contributed by atoms with Crippen LogP contribution in [-0.4, -0.2) is 30.2 Å². The molecule has 1 aromatic heterocycles. The molecule has 1 amide bonds. The van der Waals surface area contributed by atoms with Gasteiger partial charge in [-0.05, 0) is 37.3 Å². The van der Waals surface area contributed by atoms with Crippen molar-refractivity contribution < 1.29 is 23.5 Å². The summed E-state index contributed by atoms with van der Waals surface area (Å²) < 4.78 is 26.3. The van der Waals surface area contributed by atoms with Gasteiger partial charge in [-0.15, -0.1) is 0 Å². The molecule has 2 aliphatic rings. The SMILES string of the molecule is COc1ccc(Nc2cc(=O)n3c(c2C(=O)OCC2CC2)C(C(N)=O)CC3)c(F)c1. The highest BCUT2D eigenvalue weighted by molar-refractivity contribution is 6.00. The molecule has 2 heterocycles. The third kappa shape index (κ3) is 3.74. The van der Waals surface area contributed by atoms with Crippen molar-refractivity contribution in [2.75, 3.05) is 19.0 Å². The number of anilines is 2. The van der Waals surface area contributed by atoms with Crippen LogP contribution in [0.1, 0.15) is 41.2 Å². The minimum absolute atomic E-state index is 0.0340. The number of methoxy groups -OCH3 is 1. The number of carbonyl (C=O) groups excluding carboxylic acids is 2. The Morgan fingerprint density at radius 3 is 2.63 bits per heavy atom. The van der Waals surface area contributed by atoms with Crippen molar-refractivity contribution in [1.82, 2.24) is 4.57 Å². The molecule has 2 aromatic rings. The third-order valence-electron chi connectivity index (χ3n) is 5.46. The zero-order chi connectivity index (χ0) is 21.4. The van der Waals surface area contributed by atoms with E-state index in [9.17, 15) is 18.8 Å². The van der Waals surface area contributed by atoms with E-state index in [1.165, 1.54) is 29.9 Å². The van der Waals surface area contributed by atoms with Gasteiger partial charge in [-0.3, -0.25) is 9.59 Å². The minimum Gasteiger partial charge on any atom is -0.497 e. The fraction of sp³-hybridized carbons (Fsp3) is 0.381. The van der Waals surface area contributed by atoms with Crippen LogP contribution < -0.4 is 21.3 Å². The lowest BCUT2D eigenvalue weighted by Crippen LogP contribution is -2.28. The molecule has 1 aromatic carbocycles. The average Bonchev–Trinajstić information content (AvgIpc) is 3.43. The lowest BCUT2D eigenvalue weighted by atomic mass is 9.98. The number of primary amides is 1. The van der Waals surface area contributed by atoms with Crippen molar-refractivity contribution in [3.8, 4) is 5.75 Å². The van der Waals surface area contributed by atoms with Gasteiger partial charge in [-0.25, -0.2) is 9.18 Å². The molecule has 158 valence electrons. The molecular formula is C21H22FN3O5. The summed E-state index contributed by atoms with van der Waals surface area (Å²) in [5, 5.41) is 2.81. The number of halogens is 1. The molecule has 8 nitrogen and oxygen atoms in total. The van der Waals surface area contributed by atoms with Crippen LogP contribution in [0.4, 0.5) is 15.8 Å². The number of hydrogen-bond donors (Lipinski definition) is 2. The van der Waals surface area contributed by atoms with Gasteiger partial charge in [0.15, 0.2) is 0 Å². The fourth-order valence-corrected chi connectivity index (χ4v) is 3.66. The van der Waals surface area contributed by atoms with E-state index in [-0.39, 0.29) is 35.8 Å². The molecule has 1 aliphatic carbocycles. The summed E-state index contributed by atoms with van der Waals surface area (Å²) in [6.45, 7) is 0.525. The first-order chi connectivity index (χ1) is 14.4. The molecule has 0 bridgehead atoms. The maximum absolute atomic E-state index is 14.5. The van der Waals surface area contributed by atoms with Crippen LogP contribution in [0.5, 0.6) is 5.75 Å². The van der Waals surface area contributed by atoms with Gasteiger partial charge < -0.3 is 25.1 Å². The summed E-state index contributed by atoms with van der Waals surface area (Å²) >= 11 is 0. The molecule has 0 radical (unpaired) electrons. The first-order valence-electron chi connectivity index (χ1n) is 9.73. The lowest BCUT2D eigenvalue weighted by molar-refractivity contribution is -0.119. The number of nitrogens with zero attached hydrogens (tertiary/aromatic N) is 1. The number of benzene rings is 1. The molecule has 1 fully saturated rings. The maximum atomic E-state index is 14.5. The van der Waals surface area contributed by atoms with Crippen molar-refractivity contribution in [3.05, 3.63) is 51.7 Å². The van der Waals surface area contributed by atoms with Gasteiger partial charge in [0.05, 0.1) is 36.7 Å². The Kier molecular flexibility index (Phi) is 5.19. The van der Waals surface area contributed by atoms with Gasteiger partial charge >= 0.3 is 5.97 Å². The highest BCUT2D eigenvalue weighted by Gasteiger charge is 2.36. The van der Waals surface area contributed by atoms with Gasteiger partial charge in [-0.2, -0.15) is 0 Å². The number of aromatic nitrogens is 1. The molecule has 9 heteroatoms. The van der Waals surface area contributed by atoms with Crippen LogP contribution in [0.25, 0.3) is 0 Å². The summed E-state index contributed by atoms with van der Waals surface area (Å²) in [5.41, 5.74) is 5.48. The van der Waals surface area contributed by atoms with Gasteiger partial charge in [0.25, 0.3) is 5.56 Å². The molecule has 4 rings (SSSR count). The highest BCUT2D eigenvalue weighted by atomic mass is 19.1. The number of amides is 1. The lowest BCUT2D eigenvalue weighted by Gasteiger charge is -2.18. The number of esters is 1. The van der Waals surface area contributed by atoms with Crippen molar-refractivity contribution in [2.24, 2.45) is 11.7 Å². The van der Waals surface area contributed by atoms with Crippen LogP contribution >= 0.6 is 0 Å². The Morgan fingerprint density at radius 1 is 1.23 bits per heavy atom. The second kappa shape index (κ2) is 7.81. The van der Waals surface area contributed by atoms with Crippen molar-refractivity contribution in [1.29, 1.82) is 0 Å². The number of carbonyl (C=O) groups is 2. The van der Waals surface area contributed by atoms with Crippen molar-refractivity contribution in [2.45, 2.75) is 31.7 Å². The quantitative estimate of drug-likeness (QED) is 0.671. The van der Waals surface area contributed by atoms with E-state index in [0.717, 1.165) is 12.8 Å². The molecule has 0 saturated heterocycles. The fourth-order valence-electron chi connectivity index (χ4n) is 3.66. The number of fused-ring (bicyclic) bond motifs is 1. The monoisotopic (exact) mass is 415 g/mol. The van der Waals surface area contributed by atoms with E-state index < -0.39 is 29.2 Å². The van der Waals surface area contributed by atoms with Gasteiger partial charge in [0.1, 0.15) is 17.1 Å². The summed E-state index contributed by atoms with van der Waals surface area (Å²) in [6.07, 6.45) is 2.30. The smallest absolute Gasteiger partial charge is 0.342 e. The molecule has 1 saturated carbocycles. The molecule has 1 unspecified atom stereocenters. The van der Waals surface area contributed by atoms with E-state index in [0.29, 0.717) is 18.1 Å². The molecular weight excluding hydrogens is 393 g/mol. The number of hydrogen-bond acceptors (Lipinski definition) is 6. The topological polar surface area (TPSA) is 113 Å². The molecule has 1 atom stereocenters. The number of rotatable bonds is 7. The van der Waals surface area contributed by atoms with E-state index in [4.69, 9.17) is 15.2 Å². The number of ether oxygens (including phenoxy) is 2. The summed E-state index contributed by atoms with van der Waals surface area (Å²) in [5.74, 6) is -2.08. The zero-order valence-corrected chi connectivity index (χ0v) is 16.4. The Bertz CT molecular complexity index is 1080. The van der Waals surface area contributed by atoms with Crippen LogP contribution in [0.2, 0.25) is 0 Å². The normalized spacial score (nSPS) is 17.3. The zero-order valence-electron chi connectivity index (χ0n) is 16.4. The van der Waals surface area contributed by atoms with Crippen LogP contribution in [0.15, 0.2) is 29.1 Å². The van der Waals surface area contributed by atoms with E-state index in [1.807, 2.05) is 0 Å². The molecule has 30 heavy (non-hydrogen) atoms. The largest absolute Gasteiger partial charge is 0.497 e. The number of nitrogens with two attached hydrogens (primary N) is 1. The summed E-state index contributed by atoms with van der Waals surface area (Å²) in [6, 6.07) is 5.37. The second-order valence-electron chi connectivity index (χ2n) is 7.56. The Labute approximate surface area is 171 Å². The summed E-state index contributed by atoms with van der Waals surface area (Å²) in [4.78, 5) is 37.6. The van der Waals surface area contributed by atoms with E-state index >= 15 is 0 Å². The third-order valence-corrected chi connectivity index (χ3v) is 5.46. The Morgan fingerprint density at radius 2 is 2.00 bits per heavy atom. The maximum Gasteiger partial charge on any atom is 0.342 e. The van der Waals surface area contributed by atoms with Crippen LogP contribution in [0, 0.1) is 11.7 Å². The molecule has 0 spiro atoms. The van der Waals surface area contributed by atoms with E-state index in [2.05, 4.69) is 5.32 Å². The molecule has 1 aliphatic heterocycles. The van der Waals surface area contributed by atoms with Gasteiger partial charge in [0, 0.05) is 18.7 Å². The van der Waals surface area contributed by atoms with Gasteiger partial charge in [0.2, 0.25) is 5.91 Å². The van der Waals surface area contributed by atoms with E-state index in [1.54, 1.807) is 6.07 Å². The number of pyridine rings is 1. The second-order valence-corrected chi connectivity index (χ2v) is 7.56. The minimum atomic E-state index is -0.802. The predicted octanol–water partition coefficient (Wildman–Crippen LogP) is 2.28. The first kappa shape index (κ1) is 19.9. The Balaban J connectivity index is 1.79. The standard InChI is InChI=1S/C21H22FN3O5/c1-29-12-4-5-15(14(22)8-12)24-16-9-17(26)25-7-6-13(20(23)27)19(25)18(16)21(28)30-10-11-2-3-11/h4-5,8-9,11,13,24H,2-3,6-7,10H2,1H3,(H2,23,27). The Hall–Kier alpha value is -3.36. The van der Waals surface area contributed by atoms with Crippen molar-refractivity contribution in [3.63, 3.8) is 0 Å². The van der Waals surface area contributed by atoms with Crippen LogP contribution in [-0.2, 0) is 16.1 Å². The number of nitrogens with one attached hydrogen (secondary N) is 1. The predicted molar refractivity (Wildman–Crippen MR) is 106 cm³/mol. The van der Waals surface area contributed by atoms with Crippen LogP contribution in [0.3, 0.4) is 0 Å². The van der Waals surface area contributed by atoms with Gasteiger partial charge in [-0.1, -0.05) is 0 Å². The molecule has 3 N–H and O–H groups in total. The first-order valence-corrected chi connectivity index (χ1v) is 9.73. The average molecular weight is 415 g/mol. The highest BCUT2D eigenvalue weighted by Crippen LogP contribution is 2.36.